The van der Waals surface area contributed by atoms with Crippen LogP contribution in [0.15, 0.2) is 41.5 Å². The molecule has 6 heteroatoms. The van der Waals surface area contributed by atoms with E-state index in [4.69, 9.17) is 5.11 Å². The zero-order valence-corrected chi connectivity index (χ0v) is 10.4. The Hall–Kier alpha value is -2.89. The van der Waals surface area contributed by atoms with E-state index in [0.717, 1.165) is 16.5 Å². The van der Waals surface area contributed by atoms with Gasteiger partial charge in [0, 0.05) is 34.4 Å². The third kappa shape index (κ3) is 2.07. The van der Waals surface area contributed by atoms with Gasteiger partial charge in [0.15, 0.2) is 0 Å². The van der Waals surface area contributed by atoms with Gasteiger partial charge in [-0.05, 0) is 6.07 Å². The molecule has 0 aliphatic rings. The average molecular weight is 269 g/mol. The number of carboxylic acid groups (broad SMARTS) is 1. The lowest BCUT2D eigenvalue weighted by molar-refractivity contribution is -0.136. The zero-order chi connectivity index (χ0) is 14.1. The first kappa shape index (κ1) is 12.2. The number of hydrogen-bond donors (Lipinski definition) is 3. The van der Waals surface area contributed by atoms with E-state index in [1.54, 1.807) is 6.20 Å². The van der Waals surface area contributed by atoms with Crippen LogP contribution in [0.3, 0.4) is 0 Å². The van der Waals surface area contributed by atoms with Crippen LogP contribution in [0, 0.1) is 0 Å². The minimum absolute atomic E-state index is 0.140. The predicted molar refractivity (Wildman–Crippen MR) is 73.5 cm³/mol. The second-order valence-electron chi connectivity index (χ2n) is 4.40. The molecule has 0 amide bonds. The molecule has 0 spiro atoms. The van der Waals surface area contributed by atoms with Crippen molar-refractivity contribution in [1.82, 2.24) is 15.0 Å². The molecule has 100 valence electrons. The fraction of sp³-hybridized carbons (Fsp3) is 0.0714. The molecule has 0 aliphatic heterocycles. The third-order valence-electron chi connectivity index (χ3n) is 3.06. The third-order valence-corrected chi connectivity index (χ3v) is 3.06. The van der Waals surface area contributed by atoms with Crippen molar-refractivity contribution < 1.29 is 9.90 Å². The van der Waals surface area contributed by atoms with E-state index in [9.17, 15) is 9.59 Å². The molecule has 0 saturated carbocycles. The van der Waals surface area contributed by atoms with Crippen LogP contribution in [0.25, 0.3) is 22.3 Å². The van der Waals surface area contributed by atoms with E-state index >= 15 is 0 Å². The number of benzene rings is 1. The predicted octanol–water partition coefficient (Wildman–Crippen LogP) is 1.55. The van der Waals surface area contributed by atoms with Crippen LogP contribution >= 0.6 is 0 Å². The average Bonchev–Trinajstić information content (AvgIpc) is 2.84. The summed E-state index contributed by atoms with van der Waals surface area (Å²) in [5, 5.41) is 9.65. The summed E-state index contributed by atoms with van der Waals surface area (Å²) in [6.45, 7) is 0. The van der Waals surface area contributed by atoms with E-state index in [1.165, 1.54) is 6.20 Å². The monoisotopic (exact) mass is 269 g/mol. The summed E-state index contributed by atoms with van der Waals surface area (Å²) >= 11 is 0. The molecular formula is C14H11N3O3. The van der Waals surface area contributed by atoms with Crippen LogP contribution in [0.1, 0.15) is 5.56 Å². The van der Waals surface area contributed by atoms with Gasteiger partial charge in [0.2, 0.25) is 0 Å². The number of nitrogens with zero attached hydrogens (tertiary/aromatic N) is 1. The number of aliphatic carboxylic acids is 1. The molecule has 2 aromatic heterocycles. The lowest BCUT2D eigenvalue weighted by Crippen LogP contribution is -2.17. The van der Waals surface area contributed by atoms with Crippen LogP contribution in [0.4, 0.5) is 0 Å². The van der Waals surface area contributed by atoms with Gasteiger partial charge in [-0.3, -0.25) is 9.59 Å². The van der Waals surface area contributed by atoms with Gasteiger partial charge in [-0.2, -0.15) is 0 Å². The molecule has 1 aromatic carbocycles. The van der Waals surface area contributed by atoms with Gasteiger partial charge in [-0.1, -0.05) is 18.2 Å². The molecule has 6 nitrogen and oxygen atoms in total. The molecular weight excluding hydrogens is 258 g/mol. The van der Waals surface area contributed by atoms with Gasteiger partial charge in [-0.25, -0.2) is 4.98 Å². The minimum atomic E-state index is -1.06. The highest BCUT2D eigenvalue weighted by Crippen LogP contribution is 2.24. The summed E-state index contributed by atoms with van der Waals surface area (Å²) in [5.74, 6) is -0.640. The molecule has 0 radical (unpaired) electrons. The van der Waals surface area contributed by atoms with E-state index in [0.29, 0.717) is 5.82 Å². The minimum Gasteiger partial charge on any atom is -0.481 e. The van der Waals surface area contributed by atoms with E-state index < -0.39 is 11.5 Å². The van der Waals surface area contributed by atoms with Crippen molar-refractivity contribution in [3.63, 3.8) is 0 Å². The maximum atomic E-state index is 11.8. The van der Waals surface area contributed by atoms with Crippen molar-refractivity contribution in [2.75, 3.05) is 0 Å². The molecule has 20 heavy (non-hydrogen) atoms. The lowest BCUT2D eigenvalue weighted by Gasteiger charge is -2.00. The number of aromatic amines is 2. The first-order valence-electron chi connectivity index (χ1n) is 6.01. The highest BCUT2D eigenvalue weighted by atomic mass is 16.4. The van der Waals surface area contributed by atoms with E-state index in [2.05, 4.69) is 15.0 Å². The van der Waals surface area contributed by atoms with Crippen LogP contribution in [0.5, 0.6) is 0 Å². The number of nitrogens with one attached hydrogen (secondary N) is 2. The first-order chi connectivity index (χ1) is 9.65. The first-order valence-corrected chi connectivity index (χ1v) is 6.01. The highest BCUT2D eigenvalue weighted by Gasteiger charge is 2.11. The lowest BCUT2D eigenvalue weighted by atomic mass is 10.1. The summed E-state index contributed by atoms with van der Waals surface area (Å²) in [6, 6.07) is 7.66. The van der Waals surface area contributed by atoms with Gasteiger partial charge < -0.3 is 15.1 Å². The summed E-state index contributed by atoms with van der Waals surface area (Å²) in [4.78, 5) is 32.3. The molecule has 0 aliphatic carbocycles. The molecule has 0 fully saturated rings. The van der Waals surface area contributed by atoms with Crippen LogP contribution in [-0.2, 0) is 11.2 Å². The Morgan fingerprint density at radius 2 is 2.10 bits per heavy atom. The van der Waals surface area contributed by atoms with Crippen molar-refractivity contribution in [1.29, 1.82) is 0 Å². The molecule has 0 saturated heterocycles. The van der Waals surface area contributed by atoms with Gasteiger partial charge >= 0.3 is 5.97 Å². The maximum Gasteiger partial charge on any atom is 0.308 e. The maximum absolute atomic E-state index is 11.8. The second-order valence-corrected chi connectivity index (χ2v) is 4.40. The Bertz CT molecular complexity index is 848. The zero-order valence-electron chi connectivity index (χ0n) is 10.4. The summed E-state index contributed by atoms with van der Waals surface area (Å²) in [5.41, 5.74) is 1.43. The van der Waals surface area contributed by atoms with E-state index in [1.807, 2.05) is 24.3 Å². The van der Waals surface area contributed by atoms with Gasteiger partial charge in [-0.15, -0.1) is 0 Å². The molecule has 3 rings (SSSR count). The highest BCUT2D eigenvalue weighted by molar-refractivity contribution is 5.93. The van der Waals surface area contributed by atoms with Crippen molar-refractivity contribution >= 4 is 16.9 Å². The summed E-state index contributed by atoms with van der Waals surface area (Å²) in [6.07, 6.45) is 2.74. The van der Waals surface area contributed by atoms with Crippen molar-refractivity contribution in [2.24, 2.45) is 0 Å². The molecule has 0 unspecified atom stereocenters. The number of rotatable bonds is 3. The fourth-order valence-corrected chi connectivity index (χ4v) is 2.11. The number of fused-ring (bicyclic) bond motifs is 1. The van der Waals surface area contributed by atoms with Crippen LogP contribution < -0.4 is 5.56 Å². The Balaban J connectivity index is 2.09. The van der Waals surface area contributed by atoms with Crippen molar-refractivity contribution in [2.45, 2.75) is 6.42 Å². The van der Waals surface area contributed by atoms with Crippen LogP contribution in [0.2, 0.25) is 0 Å². The molecule has 0 atom stereocenters. The number of H-pyrrole nitrogens is 2. The standard InChI is InChI=1S/C14H11N3O3/c18-12(19)5-8-6-16-13(17-14(8)20)10-7-15-11-4-2-1-3-9(10)11/h1-4,6-7,15H,5H2,(H,18,19)(H,16,17,20). The van der Waals surface area contributed by atoms with Crippen LogP contribution in [-0.4, -0.2) is 26.0 Å². The summed E-state index contributed by atoms with van der Waals surface area (Å²) in [7, 11) is 0. The molecule has 0 bridgehead atoms. The fourth-order valence-electron chi connectivity index (χ4n) is 2.11. The van der Waals surface area contributed by atoms with Gasteiger partial charge in [0.05, 0.1) is 6.42 Å². The number of aromatic nitrogens is 3. The number of hydrogen-bond acceptors (Lipinski definition) is 3. The Kier molecular flexibility index (Phi) is 2.83. The normalized spacial score (nSPS) is 10.8. The summed E-state index contributed by atoms with van der Waals surface area (Å²) < 4.78 is 0. The molecule has 2 heterocycles. The smallest absolute Gasteiger partial charge is 0.308 e. The number of para-hydroxylation sites is 1. The Morgan fingerprint density at radius 3 is 2.85 bits per heavy atom. The van der Waals surface area contributed by atoms with Gasteiger partial charge in [0.1, 0.15) is 5.82 Å². The van der Waals surface area contributed by atoms with Crippen molar-refractivity contribution in [3.8, 4) is 11.4 Å². The Labute approximate surface area is 113 Å². The quantitative estimate of drug-likeness (QED) is 0.671. The number of carbonyl (C=O) groups is 1. The topological polar surface area (TPSA) is 98.8 Å². The SMILES string of the molecule is O=C(O)Cc1cnc(-c2c[nH]c3ccccc23)[nH]c1=O. The Morgan fingerprint density at radius 1 is 1.30 bits per heavy atom. The molecule has 3 aromatic rings. The number of carboxylic acids is 1. The molecule has 3 N–H and O–H groups in total. The largest absolute Gasteiger partial charge is 0.481 e. The van der Waals surface area contributed by atoms with E-state index in [-0.39, 0.29) is 12.0 Å². The van der Waals surface area contributed by atoms with Crippen molar-refractivity contribution in [3.05, 3.63) is 52.6 Å². The van der Waals surface area contributed by atoms with Gasteiger partial charge in [0.25, 0.3) is 5.56 Å². The second kappa shape index (κ2) is 4.65.